The van der Waals surface area contributed by atoms with Crippen LogP contribution in [0.1, 0.15) is 28.8 Å². The van der Waals surface area contributed by atoms with Crippen LogP contribution < -0.4 is 14.8 Å². The van der Waals surface area contributed by atoms with Gasteiger partial charge in [0.2, 0.25) is 5.88 Å². The third-order valence-electron chi connectivity index (χ3n) is 4.13. The molecule has 0 bridgehead atoms. The van der Waals surface area contributed by atoms with Crippen molar-refractivity contribution in [3.63, 3.8) is 0 Å². The minimum atomic E-state index is -0.243. The van der Waals surface area contributed by atoms with Gasteiger partial charge in [-0.15, -0.1) is 0 Å². The van der Waals surface area contributed by atoms with Crippen molar-refractivity contribution in [2.75, 3.05) is 20.3 Å². The molecule has 1 amide bonds. The molecule has 7 heteroatoms. The molecule has 0 saturated carbocycles. The largest absolute Gasteiger partial charge is 0.497 e. The maximum Gasteiger partial charge on any atom is 0.253 e. The molecular formula is C19H21ClN2O4. The number of pyridine rings is 1. The number of carbonyl (C=O) groups excluding carboxylic acids is 1. The van der Waals surface area contributed by atoms with Gasteiger partial charge in [0.25, 0.3) is 5.91 Å². The van der Waals surface area contributed by atoms with Crippen molar-refractivity contribution in [2.45, 2.75) is 25.5 Å². The molecule has 2 aromatic rings. The molecule has 1 aliphatic rings. The number of ether oxygens (including phenoxy) is 3. The summed E-state index contributed by atoms with van der Waals surface area (Å²) in [4.78, 5) is 16.5. The zero-order chi connectivity index (χ0) is 18.4. The van der Waals surface area contributed by atoms with Gasteiger partial charge >= 0.3 is 0 Å². The molecular weight excluding hydrogens is 356 g/mol. The van der Waals surface area contributed by atoms with Crippen LogP contribution in [-0.4, -0.2) is 37.3 Å². The van der Waals surface area contributed by atoms with Crippen LogP contribution in [0.15, 0.2) is 36.5 Å². The van der Waals surface area contributed by atoms with E-state index in [0.29, 0.717) is 36.2 Å². The molecule has 0 aliphatic carbocycles. The van der Waals surface area contributed by atoms with Gasteiger partial charge in [0, 0.05) is 25.6 Å². The molecule has 0 radical (unpaired) electrons. The van der Waals surface area contributed by atoms with Crippen LogP contribution in [0, 0.1) is 0 Å². The number of benzene rings is 1. The summed E-state index contributed by atoms with van der Waals surface area (Å²) < 4.78 is 16.2. The lowest BCUT2D eigenvalue weighted by Crippen LogP contribution is -2.26. The smallest absolute Gasteiger partial charge is 0.253 e. The number of nitrogens with one attached hydrogen (secondary N) is 1. The summed E-state index contributed by atoms with van der Waals surface area (Å²) in [6, 6.07) is 9.07. The van der Waals surface area contributed by atoms with E-state index in [2.05, 4.69) is 10.3 Å². The number of rotatable bonds is 6. The molecule has 1 aromatic heterocycles. The molecule has 26 heavy (non-hydrogen) atoms. The van der Waals surface area contributed by atoms with Crippen LogP contribution in [-0.2, 0) is 11.3 Å². The number of amides is 1. The highest BCUT2D eigenvalue weighted by Gasteiger charge is 2.18. The summed E-state index contributed by atoms with van der Waals surface area (Å²) in [5.74, 6) is 0.884. The van der Waals surface area contributed by atoms with Gasteiger partial charge in [0.05, 0.1) is 25.9 Å². The Kier molecular flexibility index (Phi) is 6.30. The predicted octanol–water partition coefficient (Wildman–Crippen LogP) is 3.23. The van der Waals surface area contributed by atoms with Gasteiger partial charge in [-0.25, -0.2) is 4.98 Å². The van der Waals surface area contributed by atoms with E-state index < -0.39 is 0 Å². The Bertz CT molecular complexity index is 746. The summed E-state index contributed by atoms with van der Waals surface area (Å²) in [7, 11) is 1.61. The Balaban J connectivity index is 1.57. The Morgan fingerprint density at radius 3 is 2.69 bits per heavy atom. The number of methoxy groups -OCH3 is 1. The summed E-state index contributed by atoms with van der Waals surface area (Å²) >= 11 is 6.23. The highest BCUT2D eigenvalue weighted by molar-refractivity contribution is 6.32. The van der Waals surface area contributed by atoms with Crippen LogP contribution in [0.2, 0.25) is 5.02 Å². The van der Waals surface area contributed by atoms with Crippen molar-refractivity contribution in [1.82, 2.24) is 10.3 Å². The summed E-state index contributed by atoms with van der Waals surface area (Å²) in [5.41, 5.74) is 1.36. The lowest BCUT2D eigenvalue weighted by molar-refractivity contribution is 0.0238. The normalized spacial score (nSPS) is 14.7. The van der Waals surface area contributed by atoms with Gasteiger partial charge in [0.15, 0.2) is 0 Å². The van der Waals surface area contributed by atoms with Gasteiger partial charge in [0.1, 0.15) is 16.9 Å². The Labute approximate surface area is 157 Å². The molecule has 1 fully saturated rings. The van der Waals surface area contributed by atoms with Crippen LogP contribution in [0.5, 0.6) is 11.6 Å². The lowest BCUT2D eigenvalue weighted by atomic mass is 10.1. The molecule has 2 heterocycles. The zero-order valence-electron chi connectivity index (χ0n) is 14.5. The van der Waals surface area contributed by atoms with Crippen molar-refractivity contribution in [3.05, 3.63) is 52.7 Å². The summed E-state index contributed by atoms with van der Waals surface area (Å²) in [6.45, 7) is 1.75. The molecule has 1 aliphatic heterocycles. The molecule has 0 atom stereocenters. The topological polar surface area (TPSA) is 69.7 Å². The maximum atomic E-state index is 12.3. The molecule has 0 unspecified atom stereocenters. The van der Waals surface area contributed by atoms with Crippen LogP contribution in [0.4, 0.5) is 0 Å². The highest BCUT2D eigenvalue weighted by Crippen LogP contribution is 2.25. The average Bonchev–Trinajstić information content (AvgIpc) is 2.69. The van der Waals surface area contributed by atoms with Gasteiger partial charge in [-0.2, -0.15) is 0 Å². The van der Waals surface area contributed by atoms with E-state index in [0.717, 1.165) is 24.2 Å². The first kappa shape index (κ1) is 18.5. The second kappa shape index (κ2) is 8.87. The third-order valence-corrected chi connectivity index (χ3v) is 4.40. The first-order valence-electron chi connectivity index (χ1n) is 8.47. The lowest BCUT2D eigenvalue weighted by Gasteiger charge is -2.23. The molecule has 3 rings (SSSR count). The van der Waals surface area contributed by atoms with E-state index in [1.54, 1.807) is 13.2 Å². The van der Waals surface area contributed by atoms with Gasteiger partial charge in [-0.1, -0.05) is 23.7 Å². The number of nitrogens with zero attached hydrogens (tertiary/aromatic N) is 1. The SMILES string of the molecule is COc1ccc(CNC(=O)c2cnc(OC3CCOCC3)c(Cl)c2)cc1. The minimum Gasteiger partial charge on any atom is -0.497 e. The van der Waals surface area contributed by atoms with Crippen LogP contribution >= 0.6 is 11.6 Å². The molecule has 138 valence electrons. The van der Waals surface area contributed by atoms with Crippen LogP contribution in [0.3, 0.4) is 0 Å². The second-order valence-corrected chi connectivity index (χ2v) is 6.38. The fourth-order valence-corrected chi connectivity index (χ4v) is 2.83. The van der Waals surface area contributed by atoms with Crippen molar-refractivity contribution >= 4 is 17.5 Å². The fraction of sp³-hybridized carbons (Fsp3) is 0.368. The summed E-state index contributed by atoms with van der Waals surface area (Å²) in [5, 5.41) is 3.17. The Morgan fingerprint density at radius 2 is 2.04 bits per heavy atom. The Morgan fingerprint density at radius 1 is 1.31 bits per heavy atom. The van der Waals surface area contributed by atoms with Gasteiger partial charge in [-0.3, -0.25) is 4.79 Å². The molecule has 0 spiro atoms. The number of hydrogen-bond donors (Lipinski definition) is 1. The summed E-state index contributed by atoms with van der Waals surface area (Å²) in [6.07, 6.45) is 3.14. The van der Waals surface area contributed by atoms with Crippen LogP contribution in [0.25, 0.3) is 0 Å². The monoisotopic (exact) mass is 376 g/mol. The average molecular weight is 377 g/mol. The van der Waals surface area contributed by atoms with Crippen molar-refractivity contribution in [3.8, 4) is 11.6 Å². The van der Waals surface area contributed by atoms with Crippen molar-refractivity contribution in [1.29, 1.82) is 0 Å². The zero-order valence-corrected chi connectivity index (χ0v) is 15.3. The van der Waals surface area contributed by atoms with E-state index in [1.807, 2.05) is 24.3 Å². The van der Waals surface area contributed by atoms with E-state index in [1.165, 1.54) is 6.20 Å². The van der Waals surface area contributed by atoms with E-state index in [9.17, 15) is 4.79 Å². The molecule has 1 aromatic carbocycles. The number of hydrogen-bond acceptors (Lipinski definition) is 5. The molecule has 1 N–H and O–H groups in total. The fourth-order valence-electron chi connectivity index (χ4n) is 2.62. The Hall–Kier alpha value is -2.31. The van der Waals surface area contributed by atoms with E-state index in [4.69, 9.17) is 25.8 Å². The second-order valence-electron chi connectivity index (χ2n) is 5.97. The van der Waals surface area contributed by atoms with E-state index >= 15 is 0 Å². The molecule has 1 saturated heterocycles. The van der Waals surface area contributed by atoms with Crippen molar-refractivity contribution < 1.29 is 19.0 Å². The molecule has 6 nitrogen and oxygen atoms in total. The third kappa shape index (κ3) is 4.86. The predicted molar refractivity (Wildman–Crippen MR) is 97.9 cm³/mol. The van der Waals surface area contributed by atoms with Crippen molar-refractivity contribution in [2.24, 2.45) is 0 Å². The number of carbonyl (C=O) groups is 1. The van der Waals surface area contributed by atoms with Gasteiger partial charge in [-0.05, 0) is 23.8 Å². The standard InChI is InChI=1S/C19H21ClN2O4/c1-24-15-4-2-13(3-5-15)11-21-18(23)14-10-17(20)19(22-12-14)26-16-6-8-25-9-7-16/h2-5,10,12,16H,6-9,11H2,1H3,(H,21,23). The first-order valence-corrected chi connectivity index (χ1v) is 8.84. The quantitative estimate of drug-likeness (QED) is 0.838. The number of aromatic nitrogens is 1. The van der Waals surface area contributed by atoms with Gasteiger partial charge < -0.3 is 19.5 Å². The highest BCUT2D eigenvalue weighted by atomic mass is 35.5. The first-order chi connectivity index (χ1) is 12.7. The minimum absolute atomic E-state index is 0.0449. The van der Waals surface area contributed by atoms with E-state index in [-0.39, 0.29) is 12.0 Å². The maximum absolute atomic E-state index is 12.3. The number of halogens is 1.